The van der Waals surface area contributed by atoms with Crippen molar-refractivity contribution in [2.45, 2.75) is 18.2 Å². The molecular weight excluding hydrogens is 356 g/mol. The lowest BCUT2D eigenvalue weighted by molar-refractivity contribution is -0.123. The number of carbonyl (C=O) groups is 1. The molecule has 2 rings (SSSR count). The smallest absolute Gasteiger partial charge is 0.257 e. The highest BCUT2D eigenvalue weighted by Crippen LogP contribution is 2.29. The van der Waals surface area contributed by atoms with Crippen molar-refractivity contribution in [1.29, 1.82) is 0 Å². The highest BCUT2D eigenvalue weighted by Gasteiger charge is 2.27. The summed E-state index contributed by atoms with van der Waals surface area (Å²) in [5.41, 5.74) is 0. The van der Waals surface area contributed by atoms with Crippen LogP contribution in [0.5, 0.6) is 5.75 Å². The molecule has 1 aromatic carbocycles. The van der Waals surface area contributed by atoms with Crippen LogP contribution in [0.15, 0.2) is 23.1 Å². The van der Waals surface area contributed by atoms with Crippen molar-refractivity contribution in [1.82, 2.24) is 9.62 Å². The Morgan fingerprint density at radius 3 is 2.71 bits per heavy atom. The zero-order chi connectivity index (χ0) is 17.6. The summed E-state index contributed by atoms with van der Waals surface area (Å²) >= 11 is 6.10. The molecule has 0 bridgehead atoms. The van der Waals surface area contributed by atoms with Crippen LogP contribution in [0.25, 0.3) is 0 Å². The van der Waals surface area contributed by atoms with E-state index in [1.54, 1.807) is 0 Å². The van der Waals surface area contributed by atoms with Gasteiger partial charge in [0.2, 0.25) is 10.0 Å². The minimum atomic E-state index is -3.61. The minimum Gasteiger partial charge on any atom is -0.482 e. The first-order chi connectivity index (χ1) is 11.4. The molecule has 1 saturated heterocycles. The molecule has 7 nitrogen and oxygen atoms in total. The average Bonchev–Trinajstić information content (AvgIpc) is 2.59. The summed E-state index contributed by atoms with van der Waals surface area (Å²) in [6.07, 6.45) is 0.834. The Morgan fingerprint density at radius 2 is 2.08 bits per heavy atom. The molecule has 1 heterocycles. The van der Waals surface area contributed by atoms with E-state index in [1.807, 2.05) is 6.92 Å². The van der Waals surface area contributed by atoms with Gasteiger partial charge in [0.15, 0.2) is 6.61 Å². The van der Waals surface area contributed by atoms with E-state index in [-0.39, 0.29) is 28.2 Å². The van der Waals surface area contributed by atoms with Gasteiger partial charge in [-0.25, -0.2) is 8.42 Å². The predicted octanol–water partition coefficient (Wildman–Crippen LogP) is 1.27. The van der Waals surface area contributed by atoms with Gasteiger partial charge in [-0.15, -0.1) is 0 Å². The first-order valence-corrected chi connectivity index (χ1v) is 9.54. The van der Waals surface area contributed by atoms with Crippen LogP contribution in [0.2, 0.25) is 5.02 Å². The van der Waals surface area contributed by atoms with Crippen LogP contribution in [0.4, 0.5) is 0 Å². The number of hydrogen-bond donors (Lipinski definition) is 1. The second-order valence-electron chi connectivity index (χ2n) is 5.25. The van der Waals surface area contributed by atoms with Crippen LogP contribution >= 0.6 is 11.6 Å². The summed E-state index contributed by atoms with van der Waals surface area (Å²) in [7, 11) is -3.61. The number of carbonyl (C=O) groups excluding carboxylic acids is 1. The third-order valence-corrected chi connectivity index (χ3v) is 5.63. The molecule has 0 aromatic heterocycles. The van der Waals surface area contributed by atoms with E-state index in [0.29, 0.717) is 32.8 Å². The average molecular weight is 377 g/mol. The number of benzene rings is 1. The Bertz CT molecular complexity index is 674. The van der Waals surface area contributed by atoms with Gasteiger partial charge in [-0.05, 0) is 24.6 Å². The van der Waals surface area contributed by atoms with Gasteiger partial charge in [-0.1, -0.05) is 18.5 Å². The van der Waals surface area contributed by atoms with Crippen LogP contribution < -0.4 is 10.1 Å². The molecule has 0 unspecified atom stereocenters. The Balaban J connectivity index is 2.04. The van der Waals surface area contributed by atoms with Gasteiger partial charge in [0.25, 0.3) is 5.91 Å². The summed E-state index contributed by atoms with van der Waals surface area (Å²) in [5.74, 6) is 0.0159. The van der Waals surface area contributed by atoms with Crippen LogP contribution in [0.3, 0.4) is 0 Å². The lowest BCUT2D eigenvalue weighted by Gasteiger charge is -2.26. The van der Waals surface area contributed by atoms with Gasteiger partial charge in [-0.2, -0.15) is 4.31 Å². The van der Waals surface area contributed by atoms with Gasteiger partial charge in [0.05, 0.1) is 23.1 Å². The molecule has 24 heavy (non-hydrogen) atoms. The summed E-state index contributed by atoms with van der Waals surface area (Å²) in [5, 5.41) is 2.83. The molecular formula is C15H21ClN2O5S. The van der Waals surface area contributed by atoms with Crippen molar-refractivity contribution >= 4 is 27.5 Å². The normalized spacial score (nSPS) is 15.9. The molecule has 1 N–H and O–H groups in total. The number of hydrogen-bond acceptors (Lipinski definition) is 5. The summed E-state index contributed by atoms with van der Waals surface area (Å²) in [6.45, 7) is 3.74. The number of sulfonamides is 1. The van der Waals surface area contributed by atoms with E-state index in [1.165, 1.54) is 22.5 Å². The highest BCUT2D eigenvalue weighted by molar-refractivity contribution is 7.89. The lowest BCUT2D eigenvalue weighted by Crippen LogP contribution is -2.40. The Morgan fingerprint density at radius 1 is 1.38 bits per heavy atom. The highest BCUT2D eigenvalue weighted by atomic mass is 35.5. The summed E-state index contributed by atoms with van der Waals surface area (Å²) < 4.78 is 36.9. The van der Waals surface area contributed by atoms with Gasteiger partial charge in [-0.3, -0.25) is 4.79 Å². The molecule has 1 aromatic rings. The third kappa shape index (κ3) is 4.83. The molecule has 134 valence electrons. The van der Waals surface area contributed by atoms with E-state index >= 15 is 0 Å². The largest absolute Gasteiger partial charge is 0.482 e. The first kappa shape index (κ1) is 19.0. The quantitative estimate of drug-likeness (QED) is 0.774. The molecule has 1 fully saturated rings. The monoisotopic (exact) mass is 376 g/mol. The molecule has 0 radical (unpaired) electrons. The zero-order valence-corrected chi connectivity index (χ0v) is 15.0. The van der Waals surface area contributed by atoms with Gasteiger partial charge < -0.3 is 14.8 Å². The van der Waals surface area contributed by atoms with Crippen LogP contribution in [-0.4, -0.2) is 58.1 Å². The maximum atomic E-state index is 12.5. The maximum Gasteiger partial charge on any atom is 0.257 e. The van der Waals surface area contributed by atoms with Crippen molar-refractivity contribution < 1.29 is 22.7 Å². The second kappa shape index (κ2) is 8.66. The van der Waals surface area contributed by atoms with Gasteiger partial charge >= 0.3 is 0 Å². The predicted molar refractivity (Wildman–Crippen MR) is 89.8 cm³/mol. The van der Waals surface area contributed by atoms with E-state index in [2.05, 4.69) is 5.32 Å². The Kier molecular flexibility index (Phi) is 6.85. The Hall–Kier alpha value is -1.35. The number of rotatable bonds is 7. The fraction of sp³-hybridized carbons (Fsp3) is 0.533. The van der Waals surface area contributed by atoms with E-state index in [9.17, 15) is 13.2 Å². The van der Waals surface area contributed by atoms with Crippen molar-refractivity contribution in [2.24, 2.45) is 0 Å². The van der Waals surface area contributed by atoms with E-state index < -0.39 is 10.0 Å². The number of nitrogens with one attached hydrogen (secondary N) is 1. The first-order valence-electron chi connectivity index (χ1n) is 7.72. The molecule has 0 spiro atoms. The number of ether oxygens (including phenoxy) is 2. The van der Waals surface area contributed by atoms with Crippen molar-refractivity contribution in [2.75, 3.05) is 39.5 Å². The molecule has 1 amide bonds. The minimum absolute atomic E-state index is 0.0946. The Labute approximate surface area is 146 Å². The third-order valence-electron chi connectivity index (χ3n) is 3.44. The van der Waals surface area contributed by atoms with Gasteiger partial charge in [0, 0.05) is 19.6 Å². The number of morpholine rings is 1. The van der Waals surface area contributed by atoms with Crippen molar-refractivity contribution in [3.8, 4) is 5.75 Å². The van der Waals surface area contributed by atoms with Gasteiger partial charge in [0.1, 0.15) is 5.75 Å². The zero-order valence-electron chi connectivity index (χ0n) is 13.5. The molecule has 1 aliphatic heterocycles. The molecule has 1 aliphatic rings. The molecule has 0 saturated carbocycles. The van der Waals surface area contributed by atoms with Crippen molar-refractivity contribution in [3.63, 3.8) is 0 Å². The fourth-order valence-electron chi connectivity index (χ4n) is 2.15. The van der Waals surface area contributed by atoms with E-state index in [0.717, 1.165) is 6.42 Å². The van der Waals surface area contributed by atoms with Crippen molar-refractivity contribution in [3.05, 3.63) is 23.2 Å². The standard InChI is InChI=1S/C15H21ClN2O5S/c1-2-5-17-15(19)11-23-14-4-3-12(10-13(14)16)24(20,21)18-6-8-22-9-7-18/h3-4,10H,2,5-9,11H2,1H3,(H,17,19). The van der Waals surface area contributed by atoms with Crippen LogP contribution in [-0.2, 0) is 19.6 Å². The molecule has 0 aliphatic carbocycles. The number of nitrogens with zero attached hydrogens (tertiary/aromatic N) is 1. The second-order valence-corrected chi connectivity index (χ2v) is 7.59. The SMILES string of the molecule is CCCNC(=O)COc1ccc(S(=O)(=O)N2CCOCC2)cc1Cl. The summed E-state index contributed by atoms with van der Waals surface area (Å²) in [6, 6.07) is 4.23. The summed E-state index contributed by atoms with van der Waals surface area (Å²) in [4.78, 5) is 11.6. The van der Waals surface area contributed by atoms with E-state index in [4.69, 9.17) is 21.1 Å². The topological polar surface area (TPSA) is 84.9 Å². The fourth-order valence-corrected chi connectivity index (χ4v) is 3.89. The number of amides is 1. The lowest BCUT2D eigenvalue weighted by atomic mass is 10.3. The maximum absolute atomic E-state index is 12.5. The molecule has 9 heteroatoms. The number of halogens is 1. The molecule has 0 atom stereocenters. The van der Waals surface area contributed by atoms with Crippen LogP contribution in [0.1, 0.15) is 13.3 Å². The van der Waals surface area contributed by atoms with Crippen LogP contribution in [0, 0.1) is 0 Å².